The van der Waals surface area contributed by atoms with Crippen molar-refractivity contribution >= 4 is 32.0 Å². The Hall–Kier alpha value is -2.11. The molecule has 0 aliphatic rings. The Balaban J connectivity index is 2.17. The second-order valence-corrected chi connectivity index (χ2v) is 7.12. The van der Waals surface area contributed by atoms with Crippen LogP contribution in [0.2, 0.25) is 0 Å². The number of aromatic nitrogens is 2. The molecule has 0 aromatic carbocycles. The molecule has 0 aliphatic carbocycles. The first-order valence-corrected chi connectivity index (χ1v) is 7.90. The molecule has 3 N–H and O–H groups in total. The minimum atomic E-state index is -3.89. The Labute approximate surface area is 124 Å². The van der Waals surface area contributed by atoms with Crippen molar-refractivity contribution < 1.29 is 13.3 Å². The largest absolute Gasteiger partial charge is 0.385 e. The molecule has 0 radical (unpaired) electrons. The zero-order valence-corrected chi connectivity index (χ0v) is 12.4. The summed E-state index contributed by atoms with van der Waals surface area (Å²) in [6.45, 7) is 1.69. The normalized spacial score (nSPS) is 11.5. The summed E-state index contributed by atoms with van der Waals surface area (Å²) in [5.74, 6) is 0. The van der Waals surface area contributed by atoms with Crippen LogP contribution in [0.3, 0.4) is 0 Å². The number of nitrogens with zero attached hydrogens (tertiary/aromatic N) is 3. The van der Waals surface area contributed by atoms with E-state index in [2.05, 4.69) is 14.7 Å². The number of nitrogens with two attached hydrogens (primary N) is 1. The van der Waals surface area contributed by atoms with E-state index in [1.165, 1.54) is 12.4 Å². The van der Waals surface area contributed by atoms with Crippen LogP contribution < -0.4 is 10.5 Å². The number of sulfonamides is 1. The first kappa shape index (κ1) is 15.3. The number of anilines is 1. The molecular weight excluding hydrogens is 318 g/mol. The number of nitrogens with one attached hydrogen (secondary N) is 1. The van der Waals surface area contributed by atoms with Crippen LogP contribution in [0, 0.1) is 17.0 Å². The summed E-state index contributed by atoms with van der Waals surface area (Å²) in [4.78, 5) is 17.9. The fourth-order valence-corrected chi connectivity index (χ4v) is 3.66. The van der Waals surface area contributed by atoms with Crippen LogP contribution in [0.1, 0.15) is 11.4 Å². The lowest BCUT2D eigenvalue weighted by molar-refractivity contribution is -0.383. The van der Waals surface area contributed by atoms with Crippen molar-refractivity contribution in [1.82, 2.24) is 14.7 Å². The molecule has 9 nitrogen and oxygen atoms in total. The van der Waals surface area contributed by atoms with Crippen molar-refractivity contribution in [2.24, 2.45) is 0 Å². The summed E-state index contributed by atoms with van der Waals surface area (Å²) in [6, 6.07) is 0.934. The minimum absolute atomic E-state index is 0.0682. The zero-order valence-electron chi connectivity index (χ0n) is 10.8. The van der Waals surface area contributed by atoms with Crippen LogP contribution in [-0.4, -0.2) is 23.3 Å². The molecule has 0 unspecified atom stereocenters. The fourth-order valence-electron chi connectivity index (χ4n) is 1.40. The van der Waals surface area contributed by atoms with Gasteiger partial charge in [0, 0.05) is 12.3 Å². The van der Waals surface area contributed by atoms with Gasteiger partial charge in [0.15, 0.2) is 5.00 Å². The lowest BCUT2D eigenvalue weighted by atomic mass is 10.4. The summed E-state index contributed by atoms with van der Waals surface area (Å²) >= 11 is 0.637. The SMILES string of the molecule is Cc1cnc(CNS(=O)(=O)c2cc([N+](=O)[O-])c(N)s2)cn1. The highest BCUT2D eigenvalue weighted by atomic mass is 32.2. The van der Waals surface area contributed by atoms with Gasteiger partial charge in [0.1, 0.15) is 4.21 Å². The van der Waals surface area contributed by atoms with Crippen molar-refractivity contribution in [3.8, 4) is 0 Å². The molecule has 0 spiro atoms. The Morgan fingerprint density at radius 2 is 2.14 bits per heavy atom. The fraction of sp³-hybridized carbons (Fsp3) is 0.200. The zero-order chi connectivity index (χ0) is 15.6. The van der Waals surface area contributed by atoms with E-state index in [1.54, 1.807) is 6.92 Å². The standard InChI is InChI=1S/C10H11N5O4S2/c1-6-3-13-7(4-12-6)5-14-21(18,19)9-2-8(15(16)17)10(11)20-9/h2-4,14H,5,11H2,1H3. The molecule has 2 heterocycles. The number of rotatable bonds is 5. The summed E-state index contributed by atoms with van der Waals surface area (Å²) in [5, 5.41) is 10.5. The van der Waals surface area contributed by atoms with Gasteiger partial charge in [-0.1, -0.05) is 11.3 Å². The van der Waals surface area contributed by atoms with E-state index in [9.17, 15) is 18.5 Å². The maximum absolute atomic E-state index is 12.0. The third-order valence-electron chi connectivity index (χ3n) is 2.46. The van der Waals surface area contributed by atoms with Crippen molar-refractivity contribution in [2.75, 3.05) is 5.73 Å². The van der Waals surface area contributed by atoms with Gasteiger partial charge in [-0.2, -0.15) is 0 Å². The second-order valence-electron chi connectivity index (χ2n) is 4.05. The molecule has 0 saturated heterocycles. The van der Waals surface area contributed by atoms with Crippen LogP contribution in [-0.2, 0) is 16.6 Å². The van der Waals surface area contributed by atoms with Crippen LogP contribution in [0.25, 0.3) is 0 Å². The number of hydrogen-bond acceptors (Lipinski definition) is 8. The Morgan fingerprint density at radius 1 is 1.43 bits per heavy atom. The lowest BCUT2D eigenvalue weighted by Crippen LogP contribution is -2.23. The van der Waals surface area contributed by atoms with Crippen molar-refractivity contribution in [1.29, 1.82) is 0 Å². The number of nitro groups is 1. The van der Waals surface area contributed by atoms with Crippen molar-refractivity contribution in [3.63, 3.8) is 0 Å². The van der Waals surface area contributed by atoms with Gasteiger partial charge in [0.05, 0.1) is 29.1 Å². The van der Waals surface area contributed by atoms with Crippen molar-refractivity contribution in [3.05, 3.63) is 40.0 Å². The predicted molar refractivity (Wildman–Crippen MR) is 76.2 cm³/mol. The summed E-state index contributed by atoms with van der Waals surface area (Å²) < 4.78 is 26.1. The molecule has 21 heavy (non-hydrogen) atoms. The van der Waals surface area contributed by atoms with E-state index in [-0.39, 0.29) is 15.8 Å². The van der Waals surface area contributed by atoms with Gasteiger partial charge in [0.25, 0.3) is 10.0 Å². The smallest absolute Gasteiger partial charge is 0.304 e. The molecule has 0 bridgehead atoms. The number of hydrogen-bond donors (Lipinski definition) is 2. The lowest BCUT2D eigenvalue weighted by Gasteiger charge is -2.03. The van der Waals surface area contributed by atoms with Gasteiger partial charge >= 0.3 is 5.69 Å². The third-order valence-corrected chi connectivity index (χ3v) is 5.29. The van der Waals surface area contributed by atoms with Gasteiger partial charge in [0.2, 0.25) is 0 Å². The van der Waals surface area contributed by atoms with Gasteiger partial charge in [-0.25, -0.2) is 13.1 Å². The van der Waals surface area contributed by atoms with E-state index >= 15 is 0 Å². The molecule has 0 aliphatic heterocycles. The molecule has 0 amide bonds. The highest BCUT2D eigenvalue weighted by molar-refractivity contribution is 7.91. The maximum atomic E-state index is 12.0. The van der Waals surface area contributed by atoms with Gasteiger partial charge in [-0.15, -0.1) is 0 Å². The van der Waals surface area contributed by atoms with Crippen LogP contribution >= 0.6 is 11.3 Å². The number of nitrogen functional groups attached to an aromatic ring is 1. The van der Waals surface area contributed by atoms with Gasteiger partial charge in [-0.05, 0) is 6.92 Å². The average molecular weight is 329 g/mol. The Bertz CT molecular complexity index is 769. The third kappa shape index (κ3) is 3.51. The summed E-state index contributed by atoms with van der Waals surface area (Å²) in [5.41, 5.74) is 6.15. The summed E-state index contributed by atoms with van der Waals surface area (Å²) in [7, 11) is -3.89. The minimum Gasteiger partial charge on any atom is -0.385 e. The highest BCUT2D eigenvalue weighted by Crippen LogP contribution is 2.34. The molecule has 2 rings (SSSR count). The quantitative estimate of drug-likeness (QED) is 0.610. The molecule has 2 aromatic rings. The number of aryl methyl sites for hydroxylation is 1. The Kier molecular flexibility index (Phi) is 4.16. The second kappa shape index (κ2) is 5.71. The van der Waals surface area contributed by atoms with Gasteiger partial charge in [-0.3, -0.25) is 20.1 Å². The van der Waals surface area contributed by atoms with E-state index in [1.807, 2.05) is 0 Å². The van der Waals surface area contributed by atoms with Crippen LogP contribution in [0.5, 0.6) is 0 Å². The maximum Gasteiger partial charge on any atom is 0.304 e. The van der Waals surface area contributed by atoms with Gasteiger partial charge < -0.3 is 5.73 Å². The van der Waals surface area contributed by atoms with E-state index in [0.29, 0.717) is 22.7 Å². The van der Waals surface area contributed by atoms with Crippen LogP contribution in [0.15, 0.2) is 22.7 Å². The molecule has 0 atom stereocenters. The highest BCUT2D eigenvalue weighted by Gasteiger charge is 2.24. The topological polar surface area (TPSA) is 141 Å². The molecule has 0 fully saturated rings. The molecule has 112 valence electrons. The van der Waals surface area contributed by atoms with Crippen molar-refractivity contribution in [2.45, 2.75) is 17.7 Å². The molecule has 11 heteroatoms. The van der Waals surface area contributed by atoms with E-state index in [4.69, 9.17) is 5.73 Å². The number of thiophene rings is 1. The van der Waals surface area contributed by atoms with Crippen LogP contribution in [0.4, 0.5) is 10.7 Å². The average Bonchev–Trinajstić information content (AvgIpc) is 2.81. The van der Waals surface area contributed by atoms with E-state index < -0.39 is 20.6 Å². The van der Waals surface area contributed by atoms with E-state index in [0.717, 1.165) is 6.07 Å². The molecular formula is C10H11N5O4S2. The predicted octanol–water partition coefficient (Wildman–Crippen LogP) is 0.815. The Morgan fingerprint density at radius 3 is 2.67 bits per heavy atom. The first-order chi connectivity index (χ1) is 9.79. The molecule has 0 saturated carbocycles. The molecule has 2 aromatic heterocycles. The first-order valence-electron chi connectivity index (χ1n) is 5.60. The summed E-state index contributed by atoms with van der Waals surface area (Å²) in [6.07, 6.45) is 2.96. The monoisotopic (exact) mass is 329 g/mol.